The van der Waals surface area contributed by atoms with Crippen LogP contribution in [0.3, 0.4) is 0 Å². The zero-order chi connectivity index (χ0) is 37.3. The molecule has 8 heterocycles. The van der Waals surface area contributed by atoms with Crippen LogP contribution in [0.4, 0.5) is 10.1 Å². The molecule has 6 fully saturated rings. The Morgan fingerprint density at radius 2 is 1.95 bits per heavy atom. The number of aryl methyl sites for hydroxylation is 2. The second-order valence-electron chi connectivity index (χ2n) is 16.4. The van der Waals surface area contributed by atoms with E-state index in [1.54, 1.807) is 18.2 Å². The zero-order valence-electron chi connectivity index (χ0n) is 30.4. The highest BCUT2D eigenvalue weighted by atomic mass is 35.5. The number of hydrogen-bond acceptors (Lipinski definition) is 6. The number of hydrogen-bond donors (Lipinski definition) is 1. The van der Waals surface area contributed by atoms with Crippen molar-refractivity contribution in [1.29, 1.82) is 5.26 Å². The lowest BCUT2D eigenvalue weighted by Gasteiger charge is -2.40. The summed E-state index contributed by atoms with van der Waals surface area (Å²) >= 11 is 13.2. The summed E-state index contributed by atoms with van der Waals surface area (Å²) in [6.45, 7) is 4.50. The van der Waals surface area contributed by atoms with Crippen LogP contribution in [0, 0.1) is 41.8 Å². The van der Waals surface area contributed by atoms with Gasteiger partial charge in [0.25, 0.3) is 0 Å². The molecule has 2 saturated carbocycles. The highest BCUT2D eigenvalue weighted by Gasteiger charge is 2.55. The number of nitrogens with one attached hydrogen (secondary N) is 1. The van der Waals surface area contributed by atoms with Crippen LogP contribution >= 0.6 is 23.2 Å². The quantitative estimate of drug-likeness (QED) is 0.175. The SMILES string of the molecule is Cc1nc2c(F)c(-c3cccc(Cl)c3Cl)c(CCC#N)cc2c2c1cc([C@H]1[C@H]3C[C@H](CN(c4ccn5nccc5c4)C3)N1C(=O)C1CC1)n2[C@H]1[C@H]2CN[C@@H]1C2. The topological polar surface area (TPSA) is 94.5 Å². The highest BCUT2D eigenvalue weighted by molar-refractivity contribution is 6.43. The Kier molecular flexibility index (Phi) is 7.59. The van der Waals surface area contributed by atoms with Gasteiger partial charge in [-0.1, -0.05) is 35.3 Å². The molecular weight excluding hydrogens is 734 g/mol. The molecule has 6 aromatic rings. The van der Waals surface area contributed by atoms with E-state index < -0.39 is 5.82 Å². The predicted octanol–water partition coefficient (Wildman–Crippen LogP) is 8.44. The molecule has 4 aliphatic heterocycles. The second kappa shape index (κ2) is 12.4. The normalized spacial score (nSPS) is 25.7. The van der Waals surface area contributed by atoms with Crippen molar-refractivity contribution in [2.24, 2.45) is 17.8 Å². The van der Waals surface area contributed by atoms with Gasteiger partial charge < -0.3 is 19.7 Å². The standard InChI is InChI=1S/C43H39Cl2FN8O/c1-22-31-18-35(41-26-14-29(53(41)43(55)23-7-8-23)21-51(20-26)27-10-13-52-28(17-27)9-12-49-52)54(40-25-16-34(40)48-19-25)42(31)32-15-24(4-3-11-47)36(38(46)39(32)50-22)30-5-2-6-33(44)37(30)45/h2,5-6,9-10,12-13,15,17-18,23,25-26,29,34,40-41,48H,3-4,7-8,14,16,19-21H2,1H3/t25-,26+,29-,34-,40+,41-/m1/s1. The molecule has 6 aliphatic rings. The molecule has 6 atom stereocenters. The Morgan fingerprint density at radius 1 is 1.07 bits per heavy atom. The average Bonchev–Trinajstić information content (AvgIpc) is 3.55. The molecule has 4 saturated heterocycles. The first-order valence-electron chi connectivity index (χ1n) is 19.5. The Morgan fingerprint density at radius 3 is 2.73 bits per heavy atom. The number of nitriles is 1. The fourth-order valence-corrected chi connectivity index (χ4v) is 11.0. The third-order valence-electron chi connectivity index (χ3n) is 13.3. The minimum absolute atomic E-state index is 0.0792. The van der Waals surface area contributed by atoms with Gasteiger partial charge in [-0.05, 0) is 86.9 Å². The van der Waals surface area contributed by atoms with Gasteiger partial charge in [-0.3, -0.25) is 4.79 Å². The van der Waals surface area contributed by atoms with Crippen molar-refractivity contribution < 1.29 is 9.18 Å². The zero-order valence-corrected chi connectivity index (χ0v) is 31.9. The van der Waals surface area contributed by atoms with Gasteiger partial charge in [0.05, 0.1) is 45.3 Å². The molecule has 12 heteroatoms. The summed E-state index contributed by atoms with van der Waals surface area (Å²) < 4.78 is 21.7. The van der Waals surface area contributed by atoms with Crippen molar-refractivity contribution in [3.8, 4) is 17.2 Å². The number of halogens is 3. The monoisotopic (exact) mass is 772 g/mol. The number of anilines is 1. The van der Waals surface area contributed by atoms with E-state index in [0.29, 0.717) is 40.1 Å². The number of fused-ring (bicyclic) bond motifs is 7. The third-order valence-corrected chi connectivity index (χ3v) is 14.1. The van der Waals surface area contributed by atoms with Crippen LogP contribution in [0.15, 0.2) is 60.9 Å². The van der Waals surface area contributed by atoms with Crippen molar-refractivity contribution in [2.75, 3.05) is 24.5 Å². The van der Waals surface area contributed by atoms with Gasteiger partial charge in [-0.15, -0.1) is 0 Å². The molecule has 2 aromatic carbocycles. The highest BCUT2D eigenvalue weighted by Crippen LogP contribution is 2.54. The predicted molar refractivity (Wildman–Crippen MR) is 212 cm³/mol. The number of likely N-dealkylation sites (tertiary alicyclic amines) is 1. The van der Waals surface area contributed by atoms with Gasteiger partial charge in [0.15, 0.2) is 5.82 Å². The van der Waals surface area contributed by atoms with Crippen molar-refractivity contribution in [3.05, 3.63) is 93.7 Å². The summed E-state index contributed by atoms with van der Waals surface area (Å²) in [6.07, 6.45) is 8.32. The smallest absolute Gasteiger partial charge is 0.226 e. The molecule has 2 aliphatic carbocycles. The summed E-state index contributed by atoms with van der Waals surface area (Å²) in [7, 11) is 0. The number of nitrogens with zero attached hydrogens (tertiary/aromatic N) is 7. The number of pyridine rings is 2. The molecule has 0 unspecified atom stereocenters. The number of aromatic nitrogens is 4. The van der Waals surface area contributed by atoms with Gasteiger partial charge in [0, 0.05) is 95.3 Å². The summed E-state index contributed by atoms with van der Waals surface area (Å²) in [5.74, 6) is 0.523. The minimum Gasteiger partial charge on any atom is -0.369 e. The van der Waals surface area contributed by atoms with Gasteiger partial charge >= 0.3 is 0 Å². The molecule has 0 radical (unpaired) electrons. The number of amides is 1. The van der Waals surface area contributed by atoms with Gasteiger partial charge in [0.1, 0.15) is 5.52 Å². The van der Waals surface area contributed by atoms with Crippen molar-refractivity contribution in [3.63, 3.8) is 0 Å². The molecule has 4 aromatic heterocycles. The van der Waals surface area contributed by atoms with E-state index in [0.717, 1.165) is 84.2 Å². The van der Waals surface area contributed by atoms with E-state index in [-0.39, 0.29) is 52.8 Å². The first kappa shape index (κ1) is 33.6. The van der Waals surface area contributed by atoms with Crippen LogP contribution < -0.4 is 10.2 Å². The molecule has 55 heavy (non-hydrogen) atoms. The molecule has 12 rings (SSSR count). The van der Waals surface area contributed by atoms with Crippen molar-refractivity contribution in [2.45, 2.75) is 69.6 Å². The number of rotatable bonds is 7. The summed E-state index contributed by atoms with van der Waals surface area (Å²) in [5, 5.41) is 20.2. The first-order valence-corrected chi connectivity index (χ1v) is 20.3. The lowest BCUT2D eigenvalue weighted by Crippen LogP contribution is -2.45. The first-order chi connectivity index (χ1) is 26.8. The molecule has 1 amide bonds. The van der Waals surface area contributed by atoms with E-state index >= 15 is 4.39 Å². The molecular formula is C43H39Cl2FN8O. The van der Waals surface area contributed by atoms with Crippen LogP contribution in [-0.4, -0.2) is 61.7 Å². The van der Waals surface area contributed by atoms with Crippen LogP contribution in [-0.2, 0) is 11.2 Å². The van der Waals surface area contributed by atoms with E-state index in [9.17, 15) is 10.1 Å². The fourth-order valence-electron chi connectivity index (χ4n) is 10.6. The maximum absolute atomic E-state index is 17.4. The van der Waals surface area contributed by atoms with E-state index in [2.05, 4.69) is 49.1 Å². The van der Waals surface area contributed by atoms with Gasteiger partial charge in [0.2, 0.25) is 5.91 Å². The molecule has 278 valence electrons. The van der Waals surface area contributed by atoms with Crippen molar-refractivity contribution >= 4 is 62.1 Å². The fraction of sp³-hybridized carbons (Fsp3) is 0.395. The summed E-state index contributed by atoms with van der Waals surface area (Å²) in [5.41, 5.74) is 6.82. The molecule has 1 N–H and O–H groups in total. The number of benzene rings is 2. The largest absolute Gasteiger partial charge is 0.369 e. The molecule has 4 bridgehead atoms. The van der Waals surface area contributed by atoms with Crippen molar-refractivity contribution in [1.82, 2.24) is 29.4 Å². The van der Waals surface area contributed by atoms with Crippen LogP contribution in [0.5, 0.6) is 0 Å². The number of piperidine rings is 1. The minimum atomic E-state index is -0.461. The van der Waals surface area contributed by atoms with E-state index in [1.807, 2.05) is 36.0 Å². The molecule has 9 nitrogen and oxygen atoms in total. The third kappa shape index (κ3) is 5.02. The summed E-state index contributed by atoms with van der Waals surface area (Å²) in [6, 6.07) is 18.6. The van der Waals surface area contributed by atoms with E-state index in [4.69, 9.17) is 28.2 Å². The Bertz CT molecular complexity index is 2630. The Labute approximate surface area is 327 Å². The average molecular weight is 774 g/mol. The lowest BCUT2D eigenvalue weighted by molar-refractivity contribution is -0.135. The number of carbonyl (C=O) groups excluding carboxylic acids is 1. The van der Waals surface area contributed by atoms with E-state index in [1.165, 1.54) is 0 Å². The number of carbonyl (C=O) groups is 1. The van der Waals surface area contributed by atoms with Gasteiger partial charge in [-0.2, -0.15) is 10.4 Å². The van der Waals surface area contributed by atoms with Gasteiger partial charge in [-0.25, -0.2) is 13.9 Å². The van der Waals surface area contributed by atoms with Crippen LogP contribution in [0.25, 0.3) is 38.4 Å². The maximum atomic E-state index is 17.4. The lowest BCUT2D eigenvalue weighted by atomic mass is 9.79. The Balaban J connectivity index is 1.13. The van der Waals surface area contributed by atoms with Crippen LogP contribution in [0.2, 0.25) is 10.0 Å². The van der Waals surface area contributed by atoms with Crippen LogP contribution in [0.1, 0.15) is 61.1 Å². The summed E-state index contributed by atoms with van der Waals surface area (Å²) in [4.78, 5) is 24.2. The Hall–Kier alpha value is -4.69. The molecule has 0 spiro atoms. The maximum Gasteiger partial charge on any atom is 0.226 e. The second-order valence-corrected chi connectivity index (χ2v) is 17.2.